The van der Waals surface area contributed by atoms with E-state index in [4.69, 9.17) is 9.47 Å². The Kier molecular flexibility index (Phi) is 4.72. The normalized spacial score (nSPS) is 11.5. The minimum Gasteiger partial charge on any atom is -0.497 e. The lowest BCUT2D eigenvalue weighted by Crippen LogP contribution is -2.24. The molecular formula is C17H16O4. The number of hydrogen-bond acceptors (Lipinski definition) is 4. The molecule has 2 aromatic rings. The van der Waals surface area contributed by atoms with Crippen LogP contribution in [0.1, 0.15) is 27.6 Å². The molecule has 0 heterocycles. The number of rotatable bonds is 5. The maximum Gasteiger partial charge on any atom is 0.338 e. The minimum absolute atomic E-state index is 0.230. The van der Waals surface area contributed by atoms with Gasteiger partial charge in [-0.05, 0) is 25.1 Å². The summed E-state index contributed by atoms with van der Waals surface area (Å²) in [6, 6.07) is 15.4. The van der Waals surface area contributed by atoms with Crippen LogP contribution in [0.5, 0.6) is 5.75 Å². The summed E-state index contributed by atoms with van der Waals surface area (Å²) >= 11 is 0. The van der Waals surface area contributed by atoms with E-state index in [0.717, 1.165) is 0 Å². The van der Waals surface area contributed by atoms with Crippen molar-refractivity contribution in [1.29, 1.82) is 0 Å². The second-order valence-corrected chi connectivity index (χ2v) is 4.51. The number of carbonyl (C=O) groups is 2. The molecule has 0 aliphatic carbocycles. The molecule has 0 saturated heterocycles. The van der Waals surface area contributed by atoms with Gasteiger partial charge in [-0.25, -0.2) is 4.79 Å². The van der Waals surface area contributed by atoms with Crippen molar-refractivity contribution >= 4 is 11.8 Å². The monoisotopic (exact) mass is 284 g/mol. The largest absolute Gasteiger partial charge is 0.497 e. The molecule has 0 aliphatic heterocycles. The maximum absolute atomic E-state index is 12.1. The number of esters is 1. The third-order valence-corrected chi connectivity index (χ3v) is 3.02. The summed E-state index contributed by atoms with van der Waals surface area (Å²) in [4.78, 5) is 24.2. The molecule has 108 valence electrons. The molecule has 0 aliphatic rings. The summed E-state index contributed by atoms with van der Waals surface area (Å²) in [5.41, 5.74) is 0.866. The van der Waals surface area contributed by atoms with Gasteiger partial charge in [0.25, 0.3) is 0 Å². The fourth-order valence-corrected chi connectivity index (χ4v) is 1.87. The SMILES string of the molecule is COc1cccc(C(=O)OC(C)C(=O)c2ccccc2)c1. The molecule has 0 radical (unpaired) electrons. The van der Waals surface area contributed by atoms with Crippen molar-refractivity contribution in [1.82, 2.24) is 0 Å². The smallest absolute Gasteiger partial charge is 0.338 e. The highest BCUT2D eigenvalue weighted by Crippen LogP contribution is 2.15. The highest BCUT2D eigenvalue weighted by atomic mass is 16.5. The molecule has 1 unspecified atom stereocenters. The van der Waals surface area contributed by atoms with E-state index < -0.39 is 12.1 Å². The Bertz CT molecular complexity index is 634. The first-order valence-corrected chi connectivity index (χ1v) is 6.56. The average Bonchev–Trinajstić information content (AvgIpc) is 2.54. The highest BCUT2D eigenvalue weighted by molar-refractivity contribution is 6.01. The molecule has 0 amide bonds. The van der Waals surface area contributed by atoms with Gasteiger partial charge in [0.2, 0.25) is 5.78 Å². The molecule has 0 spiro atoms. The zero-order valence-electron chi connectivity index (χ0n) is 11.9. The van der Waals surface area contributed by atoms with Crippen LogP contribution in [-0.4, -0.2) is 25.0 Å². The van der Waals surface area contributed by atoms with Gasteiger partial charge in [0.1, 0.15) is 5.75 Å². The number of ether oxygens (including phenoxy) is 2. The number of methoxy groups -OCH3 is 1. The van der Waals surface area contributed by atoms with Crippen molar-refractivity contribution in [3.05, 3.63) is 65.7 Å². The fraction of sp³-hybridized carbons (Fsp3) is 0.176. The fourth-order valence-electron chi connectivity index (χ4n) is 1.87. The van der Waals surface area contributed by atoms with E-state index >= 15 is 0 Å². The molecule has 0 N–H and O–H groups in total. The quantitative estimate of drug-likeness (QED) is 0.625. The number of benzene rings is 2. The third kappa shape index (κ3) is 3.69. The molecule has 0 saturated carbocycles. The second-order valence-electron chi connectivity index (χ2n) is 4.51. The zero-order valence-corrected chi connectivity index (χ0v) is 11.9. The van der Waals surface area contributed by atoms with Crippen LogP contribution in [0, 0.1) is 0 Å². The van der Waals surface area contributed by atoms with Crippen molar-refractivity contribution in [3.63, 3.8) is 0 Å². The van der Waals surface area contributed by atoms with E-state index in [0.29, 0.717) is 16.9 Å². The third-order valence-electron chi connectivity index (χ3n) is 3.02. The molecule has 21 heavy (non-hydrogen) atoms. The number of hydrogen-bond donors (Lipinski definition) is 0. The van der Waals surface area contributed by atoms with Gasteiger partial charge in [-0.1, -0.05) is 36.4 Å². The van der Waals surface area contributed by atoms with Gasteiger partial charge < -0.3 is 9.47 Å². The summed E-state index contributed by atoms with van der Waals surface area (Å²) in [5.74, 6) is -0.219. The molecule has 2 aromatic carbocycles. The predicted octanol–water partition coefficient (Wildman–Crippen LogP) is 3.12. The van der Waals surface area contributed by atoms with Crippen molar-refractivity contribution in [3.8, 4) is 5.75 Å². The summed E-state index contributed by atoms with van der Waals surface area (Å²) < 4.78 is 10.3. The summed E-state index contributed by atoms with van der Waals surface area (Å²) in [5, 5.41) is 0. The van der Waals surface area contributed by atoms with E-state index in [-0.39, 0.29) is 5.78 Å². The van der Waals surface area contributed by atoms with Gasteiger partial charge >= 0.3 is 5.97 Å². The lowest BCUT2D eigenvalue weighted by molar-refractivity contribution is 0.0318. The van der Waals surface area contributed by atoms with Crippen LogP contribution in [0.15, 0.2) is 54.6 Å². The van der Waals surface area contributed by atoms with Crippen LogP contribution in [0.3, 0.4) is 0 Å². The number of carbonyl (C=O) groups excluding carboxylic acids is 2. The molecular weight excluding hydrogens is 268 g/mol. The first-order chi connectivity index (χ1) is 10.1. The van der Waals surface area contributed by atoms with Crippen molar-refractivity contribution in [2.75, 3.05) is 7.11 Å². The summed E-state index contributed by atoms with van der Waals surface area (Å²) in [7, 11) is 1.52. The minimum atomic E-state index is -0.842. The standard InChI is InChI=1S/C17H16O4/c1-12(16(18)13-7-4-3-5-8-13)21-17(19)14-9-6-10-15(11-14)20-2/h3-12H,1-2H3. The van der Waals surface area contributed by atoms with Gasteiger partial charge in [-0.15, -0.1) is 0 Å². The van der Waals surface area contributed by atoms with Crippen LogP contribution in [0.4, 0.5) is 0 Å². The summed E-state index contributed by atoms with van der Waals surface area (Å²) in [6.07, 6.45) is -0.842. The zero-order chi connectivity index (χ0) is 15.2. The second kappa shape index (κ2) is 6.70. The van der Waals surface area contributed by atoms with Gasteiger partial charge in [0, 0.05) is 5.56 Å². The Hall–Kier alpha value is -2.62. The van der Waals surface area contributed by atoms with Crippen LogP contribution in [-0.2, 0) is 4.74 Å². The van der Waals surface area contributed by atoms with Crippen LogP contribution >= 0.6 is 0 Å². The van der Waals surface area contributed by atoms with Crippen LogP contribution < -0.4 is 4.74 Å². The molecule has 0 fully saturated rings. The topological polar surface area (TPSA) is 52.6 Å². The van der Waals surface area contributed by atoms with E-state index in [1.54, 1.807) is 55.5 Å². The molecule has 4 heteroatoms. The Labute approximate surface area is 123 Å². The highest BCUT2D eigenvalue weighted by Gasteiger charge is 2.20. The molecule has 0 aromatic heterocycles. The van der Waals surface area contributed by atoms with E-state index in [9.17, 15) is 9.59 Å². The number of ketones is 1. The van der Waals surface area contributed by atoms with Gasteiger partial charge in [0.15, 0.2) is 6.10 Å². The average molecular weight is 284 g/mol. The molecule has 1 atom stereocenters. The maximum atomic E-state index is 12.1. The van der Waals surface area contributed by atoms with E-state index in [1.165, 1.54) is 7.11 Å². The predicted molar refractivity (Wildman–Crippen MR) is 78.6 cm³/mol. The molecule has 2 rings (SSSR count). The lowest BCUT2D eigenvalue weighted by atomic mass is 10.1. The summed E-state index contributed by atoms with van der Waals surface area (Å²) in [6.45, 7) is 1.56. The van der Waals surface area contributed by atoms with Gasteiger partial charge in [-0.2, -0.15) is 0 Å². The molecule has 4 nitrogen and oxygen atoms in total. The Balaban J connectivity index is 2.06. The Morgan fingerprint density at radius 1 is 0.952 bits per heavy atom. The molecule has 0 bridgehead atoms. The van der Waals surface area contributed by atoms with E-state index in [1.807, 2.05) is 6.07 Å². The Morgan fingerprint density at radius 2 is 1.62 bits per heavy atom. The lowest BCUT2D eigenvalue weighted by Gasteiger charge is -2.12. The first kappa shape index (κ1) is 14.8. The number of Topliss-reactive ketones (excluding diaryl/α,β-unsaturated/α-hetero) is 1. The van der Waals surface area contributed by atoms with Crippen molar-refractivity contribution in [2.24, 2.45) is 0 Å². The van der Waals surface area contributed by atoms with Gasteiger partial charge in [-0.3, -0.25) is 4.79 Å². The van der Waals surface area contributed by atoms with E-state index in [2.05, 4.69) is 0 Å². The van der Waals surface area contributed by atoms with Gasteiger partial charge in [0.05, 0.1) is 12.7 Å². The van der Waals surface area contributed by atoms with Crippen LogP contribution in [0.2, 0.25) is 0 Å². The van der Waals surface area contributed by atoms with Crippen molar-refractivity contribution in [2.45, 2.75) is 13.0 Å². The van der Waals surface area contributed by atoms with Crippen LogP contribution in [0.25, 0.3) is 0 Å². The Morgan fingerprint density at radius 3 is 2.29 bits per heavy atom. The van der Waals surface area contributed by atoms with Crippen molar-refractivity contribution < 1.29 is 19.1 Å². The first-order valence-electron chi connectivity index (χ1n) is 6.56.